The van der Waals surface area contributed by atoms with E-state index in [1.54, 1.807) is 20.8 Å². The largest absolute Gasteiger partial charge is 0.412 e. The minimum atomic E-state index is -4.74. The molecule has 0 unspecified atom stereocenters. The predicted octanol–water partition coefficient (Wildman–Crippen LogP) is 3.53. The molecule has 1 aromatic rings. The lowest BCUT2D eigenvalue weighted by Gasteiger charge is -2.43. The van der Waals surface area contributed by atoms with Gasteiger partial charge >= 0.3 is 6.18 Å². The van der Waals surface area contributed by atoms with E-state index < -0.39 is 33.6 Å². The number of rotatable bonds is 5. The van der Waals surface area contributed by atoms with Crippen molar-refractivity contribution in [3.05, 3.63) is 39.9 Å². The first-order chi connectivity index (χ1) is 11.5. The van der Waals surface area contributed by atoms with Gasteiger partial charge in [-0.2, -0.15) is 13.2 Å². The summed E-state index contributed by atoms with van der Waals surface area (Å²) in [5.41, 5.74) is -1.88. The van der Waals surface area contributed by atoms with Crippen LogP contribution in [0.15, 0.2) is 24.3 Å². The van der Waals surface area contributed by atoms with Gasteiger partial charge in [0.2, 0.25) is 5.91 Å². The number of non-ortho nitro benzene ring substituents is 1. The van der Waals surface area contributed by atoms with Crippen LogP contribution in [0, 0.1) is 15.5 Å². The Balaban J connectivity index is 2.67. The van der Waals surface area contributed by atoms with Crippen molar-refractivity contribution in [2.75, 3.05) is 6.54 Å². The highest BCUT2D eigenvalue weighted by Crippen LogP contribution is 2.49. The molecule has 0 saturated carbocycles. The van der Waals surface area contributed by atoms with Gasteiger partial charge in [-0.05, 0) is 25.8 Å². The quantitative estimate of drug-likeness (QED) is 0.645. The third-order valence-electron chi connectivity index (χ3n) is 4.48. The second-order valence-corrected chi connectivity index (χ2v) is 6.83. The Labute approximate surface area is 143 Å². The summed E-state index contributed by atoms with van der Waals surface area (Å²) in [6.45, 7) is 4.56. The molecule has 1 fully saturated rings. The summed E-state index contributed by atoms with van der Waals surface area (Å²) in [5.74, 6) is -0.511. The van der Waals surface area contributed by atoms with Crippen LogP contribution in [0.5, 0.6) is 0 Å². The SMILES string of the molecule is CCC[C@@](c1cccc([N+](=O)[O-])c1)(N1CC(C)(C)C(=O)N1)C(F)(F)F. The van der Waals surface area contributed by atoms with Crippen molar-refractivity contribution < 1.29 is 22.9 Å². The van der Waals surface area contributed by atoms with E-state index in [4.69, 9.17) is 0 Å². The van der Waals surface area contributed by atoms with E-state index in [1.807, 2.05) is 0 Å². The summed E-state index contributed by atoms with van der Waals surface area (Å²) in [4.78, 5) is 22.3. The van der Waals surface area contributed by atoms with Crippen LogP contribution < -0.4 is 5.43 Å². The Bertz CT molecular complexity index is 691. The van der Waals surface area contributed by atoms with Crippen molar-refractivity contribution in [1.29, 1.82) is 0 Å². The molecule has 1 amide bonds. The van der Waals surface area contributed by atoms with Crippen LogP contribution in [0.25, 0.3) is 0 Å². The van der Waals surface area contributed by atoms with Crippen LogP contribution in [0.3, 0.4) is 0 Å². The first-order valence-electron chi connectivity index (χ1n) is 7.86. The van der Waals surface area contributed by atoms with E-state index in [1.165, 1.54) is 12.1 Å². The molecule has 138 valence electrons. The van der Waals surface area contributed by atoms with E-state index >= 15 is 0 Å². The van der Waals surface area contributed by atoms with Crippen molar-refractivity contribution in [1.82, 2.24) is 10.4 Å². The highest BCUT2D eigenvalue weighted by atomic mass is 19.4. The van der Waals surface area contributed by atoms with Crippen LogP contribution in [-0.2, 0) is 10.3 Å². The third kappa shape index (κ3) is 3.20. The second-order valence-electron chi connectivity index (χ2n) is 6.83. The first-order valence-corrected chi connectivity index (χ1v) is 7.86. The average molecular weight is 359 g/mol. The van der Waals surface area contributed by atoms with Gasteiger partial charge in [-0.15, -0.1) is 0 Å². The van der Waals surface area contributed by atoms with Gasteiger partial charge in [0, 0.05) is 18.7 Å². The Hall–Kier alpha value is -2.16. The number of carbonyl (C=O) groups excluding carboxylic acids is 1. The van der Waals surface area contributed by atoms with Gasteiger partial charge in [0.25, 0.3) is 5.69 Å². The number of halogens is 3. The molecular formula is C16H20F3N3O3. The number of nitrogens with one attached hydrogen (secondary N) is 1. The molecule has 0 radical (unpaired) electrons. The smallest absolute Gasteiger partial charge is 0.287 e. The van der Waals surface area contributed by atoms with Crippen molar-refractivity contribution in [2.24, 2.45) is 5.41 Å². The number of hydrogen-bond acceptors (Lipinski definition) is 4. The Morgan fingerprint density at radius 2 is 2.00 bits per heavy atom. The van der Waals surface area contributed by atoms with Crippen molar-refractivity contribution in [2.45, 2.75) is 45.3 Å². The summed E-state index contributed by atoms with van der Waals surface area (Å²) in [6, 6.07) is 4.52. The summed E-state index contributed by atoms with van der Waals surface area (Å²) < 4.78 is 42.7. The Kier molecular flexibility index (Phi) is 4.82. The molecule has 9 heteroatoms. The molecule has 1 aromatic carbocycles. The molecule has 0 aliphatic carbocycles. The van der Waals surface area contributed by atoms with Gasteiger partial charge in [-0.3, -0.25) is 20.3 Å². The number of hydrogen-bond donors (Lipinski definition) is 1. The zero-order chi connectivity index (χ0) is 19.0. The molecule has 6 nitrogen and oxygen atoms in total. The van der Waals surface area contributed by atoms with Gasteiger partial charge < -0.3 is 0 Å². The molecule has 2 rings (SSSR count). The second kappa shape index (κ2) is 6.29. The monoisotopic (exact) mass is 359 g/mol. The molecule has 1 N–H and O–H groups in total. The fourth-order valence-corrected chi connectivity index (χ4v) is 3.14. The lowest BCUT2D eigenvalue weighted by atomic mass is 9.82. The van der Waals surface area contributed by atoms with Crippen LogP contribution in [0.2, 0.25) is 0 Å². The van der Waals surface area contributed by atoms with Gasteiger partial charge in [0.15, 0.2) is 5.54 Å². The zero-order valence-corrected chi connectivity index (χ0v) is 14.2. The van der Waals surface area contributed by atoms with Crippen LogP contribution in [0.4, 0.5) is 18.9 Å². The average Bonchev–Trinajstić information content (AvgIpc) is 2.77. The van der Waals surface area contributed by atoms with Crippen molar-refractivity contribution >= 4 is 11.6 Å². The van der Waals surface area contributed by atoms with Gasteiger partial charge in [-0.1, -0.05) is 25.5 Å². The van der Waals surface area contributed by atoms with Crippen molar-refractivity contribution in [3.63, 3.8) is 0 Å². The summed E-state index contributed by atoms with van der Waals surface area (Å²) >= 11 is 0. The number of hydrazine groups is 1. The van der Waals surface area contributed by atoms with E-state index in [9.17, 15) is 28.1 Å². The lowest BCUT2D eigenvalue weighted by molar-refractivity contribution is -0.385. The normalized spacial score (nSPS) is 20.2. The predicted molar refractivity (Wildman–Crippen MR) is 84.4 cm³/mol. The summed E-state index contributed by atoms with van der Waals surface area (Å²) in [6.07, 6.45) is -4.91. The maximum atomic E-state index is 14.2. The molecule has 25 heavy (non-hydrogen) atoms. The highest BCUT2D eigenvalue weighted by molar-refractivity contribution is 5.83. The number of nitro benzene ring substituents is 1. The standard InChI is InChI=1S/C16H20F3N3O3/c1-4-8-15(16(17,18)19,21-10-14(2,3)13(23)20-21)11-6-5-7-12(9-11)22(24)25/h5-7,9H,4,8,10H2,1-3H3,(H,20,23)/t15-/m0/s1. The molecule has 0 aromatic heterocycles. The summed E-state index contributed by atoms with van der Waals surface area (Å²) in [7, 11) is 0. The van der Waals surface area contributed by atoms with Crippen molar-refractivity contribution in [3.8, 4) is 0 Å². The molecule has 0 bridgehead atoms. The molecule has 0 spiro atoms. The maximum Gasteiger partial charge on any atom is 0.412 e. The summed E-state index contributed by atoms with van der Waals surface area (Å²) in [5, 5.41) is 11.9. The lowest BCUT2D eigenvalue weighted by Crippen LogP contribution is -2.59. The molecule has 1 atom stereocenters. The topological polar surface area (TPSA) is 75.5 Å². The van der Waals surface area contributed by atoms with Crippen LogP contribution in [-0.4, -0.2) is 28.6 Å². The molecule has 1 aliphatic rings. The van der Waals surface area contributed by atoms with Crippen LogP contribution in [0.1, 0.15) is 39.2 Å². The molecular weight excluding hydrogens is 339 g/mol. The minimum Gasteiger partial charge on any atom is -0.287 e. The van der Waals surface area contributed by atoms with E-state index in [2.05, 4.69) is 5.43 Å². The number of nitro groups is 1. The number of carbonyl (C=O) groups is 1. The van der Waals surface area contributed by atoms with Gasteiger partial charge in [0.05, 0.1) is 10.3 Å². The molecule has 1 aliphatic heterocycles. The first kappa shape index (κ1) is 19.2. The Morgan fingerprint density at radius 3 is 2.44 bits per heavy atom. The fraction of sp³-hybridized carbons (Fsp3) is 0.562. The zero-order valence-electron chi connectivity index (χ0n) is 14.2. The molecule has 1 saturated heterocycles. The van der Waals surface area contributed by atoms with E-state index in [-0.39, 0.29) is 24.9 Å². The number of benzene rings is 1. The van der Waals surface area contributed by atoms with E-state index in [0.29, 0.717) is 0 Å². The van der Waals surface area contributed by atoms with E-state index in [0.717, 1.165) is 17.1 Å². The van der Waals surface area contributed by atoms with Crippen LogP contribution >= 0.6 is 0 Å². The number of nitrogens with zero attached hydrogens (tertiary/aromatic N) is 2. The third-order valence-corrected chi connectivity index (χ3v) is 4.48. The van der Waals surface area contributed by atoms with Gasteiger partial charge in [0.1, 0.15) is 0 Å². The fourth-order valence-electron chi connectivity index (χ4n) is 3.14. The number of alkyl halides is 3. The number of amides is 1. The Morgan fingerprint density at radius 1 is 1.36 bits per heavy atom. The maximum absolute atomic E-state index is 14.2. The van der Waals surface area contributed by atoms with Gasteiger partial charge in [-0.25, -0.2) is 5.01 Å². The minimum absolute atomic E-state index is 0.159. The molecule has 1 heterocycles. The highest BCUT2D eigenvalue weighted by Gasteiger charge is 2.62.